The Hall–Kier alpha value is -4.17. The van der Waals surface area contributed by atoms with Gasteiger partial charge in [0.2, 0.25) is 11.8 Å². The predicted octanol–water partition coefficient (Wildman–Crippen LogP) is 3.36. The average molecular weight is 603 g/mol. The molecular formula is C29H35BN8O4S. The number of aromatic nitrogens is 4. The fourth-order valence-electron chi connectivity index (χ4n) is 6.05. The van der Waals surface area contributed by atoms with E-state index in [1.165, 1.54) is 0 Å². The molecule has 0 bridgehead atoms. The number of nitrogens with one attached hydrogen (secondary N) is 3. The molecule has 3 atom stereocenters. The minimum absolute atomic E-state index is 0.00860. The van der Waals surface area contributed by atoms with Crippen LogP contribution in [0.25, 0.3) is 26.7 Å². The lowest BCUT2D eigenvalue weighted by Gasteiger charge is -2.29. The lowest BCUT2D eigenvalue weighted by atomic mass is 10.0. The molecule has 2 aliphatic rings. The van der Waals surface area contributed by atoms with Crippen LogP contribution in [0, 0.1) is 5.92 Å². The van der Waals surface area contributed by atoms with Gasteiger partial charge in [0, 0.05) is 12.7 Å². The van der Waals surface area contributed by atoms with Crippen molar-refractivity contribution < 1.29 is 19.5 Å². The largest absolute Gasteiger partial charge is 0.465 e. The molecule has 1 aromatic carbocycles. The number of rotatable bonds is 8. The number of thiazole rings is 1. The zero-order valence-electron chi connectivity index (χ0n) is 24.4. The highest BCUT2D eigenvalue weighted by molar-refractivity contribution is 7.20. The van der Waals surface area contributed by atoms with Crippen molar-refractivity contribution in [1.29, 1.82) is 0 Å². The molecule has 0 unspecified atom stereocenters. The first kappa shape index (κ1) is 28.9. The molecule has 224 valence electrons. The van der Waals surface area contributed by atoms with E-state index in [4.69, 9.17) is 0 Å². The summed E-state index contributed by atoms with van der Waals surface area (Å²) >= 11 is 1.56. The number of carbonyl (C=O) groups excluding carboxylic acids is 2. The zero-order chi connectivity index (χ0) is 30.2. The second kappa shape index (κ2) is 11.8. The van der Waals surface area contributed by atoms with Crippen molar-refractivity contribution in [3.63, 3.8) is 0 Å². The molecule has 0 spiro atoms. The summed E-state index contributed by atoms with van der Waals surface area (Å²) in [4.78, 5) is 55.5. The molecule has 2 fully saturated rings. The minimum Gasteiger partial charge on any atom is -0.465 e. The van der Waals surface area contributed by atoms with Crippen LogP contribution in [0.5, 0.6) is 0 Å². The third-order valence-electron chi connectivity index (χ3n) is 8.37. The number of carbonyl (C=O) groups is 3. The van der Waals surface area contributed by atoms with E-state index in [2.05, 4.69) is 42.5 Å². The van der Waals surface area contributed by atoms with Crippen molar-refractivity contribution in [1.82, 2.24) is 34.4 Å². The Morgan fingerprint density at radius 3 is 2.51 bits per heavy atom. The Kier molecular flexibility index (Phi) is 7.97. The molecule has 0 aliphatic carbocycles. The first-order valence-corrected chi connectivity index (χ1v) is 15.4. The van der Waals surface area contributed by atoms with Crippen LogP contribution in [0.2, 0.25) is 0 Å². The van der Waals surface area contributed by atoms with Crippen molar-refractivity contribution in [2.75, 3.05) is 18.4 Å². The van der Waals surface area contributed by atoms with Crippen LogP contribution in [-0.2, 0) is 9.59 Å². The maximum atomic E-state index is 13.3. The van der Waals surface area contributed by atoms with E-state index >= 15 is 0 Å². The second-order valence-electron chi connectivity index (χ2n) is 11.7. The summed E-state index contributed by atoms with van der Waals surface area (Å²) in [5.74, 6) is 0.861. The number of nitrogens with zero attached hydrogens (tertiary/aromatic N) is 5. The Morgan fingerprint density at radius 2 is 1.84 bits per heavy atom. The fourth-order valence-corrected chi connectivity index (χ4v) is 7.02. The van der Waals surface area contributed by atoms with Gasteiger partial charge in [-0.2, -0.15) is 0 Å². The maximum Gasteiger partial charge on any atom is 0.405 e. The third-order valence-corrected chi connectivity index (χ3v) is 9.42. The number of fused-ring (bicyclic) bond motifs is 1. The average Bonchev–Trinajstić information content (AvgIpc) is 3.79. The van der Waals surface area contributed by atoms with E-state index in [1.54, 1.807) is 22.4 Å². The summed E-state index contributed by atoms with van der Waals surface area (Å²) in [6.07, 6.45) is 7.93. The number of benzene rings is 1. The van der Waals surface area contributed by atoms with Gasteiger partial charge in [0.25, 0.3) is 0 Å². The number of anilines is 1. The second-order valence-corrected chi connectivity index (χ2v) is 12.7. The van der Waals surface area contributed by atoms with Gasteiger partial charge in [0.15, 0.2) is 18.8 Å². The van der Waals surface area contributed by atoms with Crippen molar-refractivity contribution in [2.24, 2.45) is 5.92 Å². The molecule has 0 saturated carbocycles. The quantitative estimate of drug-likeness (QED) is 0.226. The molecule has 6 rings (SSSR count). The monoisotopic (exact) mass is 602 g/mol. The number of aromatic amines is 1. The van der Waals surface area contributed by atoms with Crippen LogP contribution in [0.1, 0.15) is 51.4 Å². The van der Waals surface area contributed by atoms with Crippen LogP contribution in [0.3, 0.4) is 0 Å². The number of amides is 3. The predicted molar refractivity (Wildman–Crippen MR) is 166 cm³/mol. The number of carboxylic acid groups (broad SMARTS) is 1. The van der Waals surface area contributed by atoms with Crippen LogP contribution >= 0.6 is 11.3 Å². The van der Waals surface area contributed by atoms with Gasteiger partial charge in [0.1, 0.15) is 11.9 Å². The van der Waals surface area contributed by atoms with Gasteiger partial charge in [-0.1, -0.05) is 49.4 Å². The molecule has 43 heavy (non-hydrogen) atoms. The van der Waals surface area contributed by atoms with Crippen molar-refractivity contribution in [3.05, 3.63) is 48.7 Å². The van der Waals surface area contributed by atoms with Crippen LogP contribution in [0.15, 0.2) is 42.9 Å². The van der Waals surface area contributed by atoms with Crippen LogP contribution < -0.4 is 10.6 Å². The van der Waals surface area contributed by atoms with Gasteiger partial charge in [0.05, 0.1) is 35.0 Å². The van der Waals surface area contributed by atoms with E-state index < -0.39 is 12.1 Å². The van der Waals surface area contributed by atoms with Crippen molar-refractivity contribution in [3.8, 4) is 21.7 Å². The highest BCUT2D eigenvalue weighted by atomic mass is 32.1. The Morgan fingerprint density at radius 1 is 1.09 bits per heavy atom. The van der Waals surface area contributed by atoms with Gasteiger partial charge in [-0.25, -0.2) is 14.8 Å². The Balaban J connectivity index is 1.13. The first-order chi connectivity index (χ1) is 20.7. The maximum absolute atomic E-state index is 13.3. The lowest BCUT2D eigenvalue weighted by Crippen LogP contribution is -2.50. The van der Waals surface area contributed by atoms with E-state index in [0.29, 0.717) is 18.2 Å². The summed E-state index contributed by atoms with van der Waals surface area (Å²) in [7, 11) is 1.98. The summed E-state index contributed by atoms with van der Waals surface area (Å²) < 4.78 is 1.94. The van der Waals surface area contributed by atoms with E-state index in [-0.39, 0.29) is 29.8 Å². The zero-order valence-corrected chi connectivity index (χ0v) is 25.2. The number of imidazole rings is 2. The molecule has 3 amide bonds. The Labute approximate surface area is 253 Å². The Bertz CT molecular complexity index is 1620. The molecule has 14 heteroatoms. The van der Waals surface area contributed by atoms with Gasteiger partial charge in [-0.15, -0.1) is 0 Å². The highest BCUT2D eigenvalue weighted by Crippen LogP contribution is 2.34. The summed E-state index contributed by atoms with van der Waals surface area (Å²) in [5.41, 5.74) is 2.86. The molecule has 4 N–H and O–H groups in total. The first-order valence-electron chi connectivity index (χ1n) is 14.6. The fraction of sp³-hybridized carbons (Fsp3) is 0.414. The molecule has 2 saturated heterocycles. The van der Waals surface area contributed by atoms with Gasteiger partial charge in [-0.05, 0) is 49.3 Å². The number of hydrogen-bond acceptors (Lipinski definition) is 7. The van der Waals surface area contributed by atoms with Crippen molar-refractivity contribution in [2.45, 2.75) is 57.7 Å². The lowest BCUT2D eigenvalue weighted by molar-refractivity contribution is -0.135. The standard InChI is InChI=1S/C29H35BN8O4S/c1-16(2)24(35-29(41)42)27(40)37-11-3-5-20(37)25-31-13-19(32-25)17-7-9-18(10-8-17)22-14-36-15-23(34-28(36)43-22)33-26(39)21-6-4-12-38(21)30/h7-10,13-16,20-21,24,35H,3-6,11-12,30H2,1-2H3,(H,31,32)(H,33,39)(H,41,42)/t20-,21-,24-/m0/s1. The normalized spacial score (nSPS) is 19.7. The molecular weight excluding hydrogens is 567 g/mol. The SMILES string of the molecule is BN1CCC[C@H]1C(=O)Nc1cn2cc(-c3ccc(-c4cnc([C@@H]5CCCN5C(=O)[C@@H](NC(=O)O)C(C)C)[nH]4)cc3)sc2n1. The molecule has 12 nitrogen and oxygen atoms in total. The van der Waals surface area contributed by atoms with Gasteiger partial charge >= 0.3 is 6.09 Å². The number of H-pyrrole nitrogens is 1. The number of hydrogen-bond donors (Lipinski definition) is 4. The summed E-state index contributed by atoms with van der Waals surface area (Å²) in [6, 6.07) is 7.03. The van der Waals surface area contributed by atoms with Crippen LogP contribution in [-0.4, -0.2) is 85.2 Å². The minimum atomic E-state index is -1.20. The summed E-state index contributed by atoms with van der Waals surface area (Å²) in [6.45, 7) is 5.17. The molecule has 4 aromatic rings. The topological polar surface area (TPSA) is 148 Å². The highest BCUT2D eigenvalue weighted by Gasteiger charge is 2.37. The van der Waals surface area contributed by atoms with E-state index in [9.17, 15) is 19.5 Å². The smallest absolute Gasteiger partial charge is 0.405 e. The van der Waals surface area contributed by atoms with E-state index in [1.807, 2.05) is 50.8 Å². The van der Waals surface area contributed by atoms with E-state index in [0.717, 1.165) is 58.9 Å². The molecule has 3 aromatic heterocycles. The summed E-state index contributed by atoms with van der Waals surface area (Å²) in [5, 5.41) is 14.6. The third kappa shape index (κ3) is 5.89. The molecule has 5 heterocycles. The van der Waals surface area contributed by atoms with Gasteiger partial charge in [-0.3, -0.25) is 14.0 Å². The number of likely N-dealkylation sites (tertiary alicyclic amines) is 1. The molecule has 2 aliphatic heterocycles. The molecule has 0 radical (unpaired) electrons. The van der Waals surface area contributed by atoms with Crippen molar-refractivity contribution >= 4 is 48.0 Å². The van der Waals surface area contributed by atoms with Crippen LogP contribution in [0.4, 0.5) is 10.6 Å². The van der Waals surface area contributed by atoms with Gasteiger partial charge < -0.3 is 30.4 Å².